The number of nitrogens with one attached hydrogen (secondary N) is 2. The molecule has 2 N–H and O–H groups in total. The number of nitrogens with zero attached hydrogens (tertiary/aromatic N) is 3. The second-order valence-electron chi connectivity index (χ2n) is 4.34. The van der Waals surface area contributed by atoms with Crippen LogP contribution in [0.4, 0.5) is 5.82 Å². The quantitative estimate of drug-likeness (QED) is 0.735. The molecule has 6 nitrogen and oxygen atoms in total. The van der Waals surface area contributed by atoms with Crippen LogP contribution in [0.25, 0.3) is 17.0 Å². The summed E-state index contributed by atoms with van der Waals surface area (Å²) in [5.74, 6) is 1.04. The maximum absolute atomic E-state index is 11.2. The molecule has 1 aromatic carbocycles. The fourth-order valence-electron chi connectivity index (χ4n) is 1.97. The number of hydrogen-bond donors (Lipinski definition) is 2. The molecule has 6 heteroatoms. The fourth-order valence-corrected chi connectivity index (χ4v) is 1.97. The molecule has 19 heavy (non-hydrogen) atoms. The van der Waals surface area contributed by atoms with Crippen molar-refractivity contribution in [3.05, 3.63) is 36.0 Å². The summed E-state index contributed by atoms with van der Waals surface area (Å²) in [6, 6.07) is 9.53. The maximum atomic E-state index is 11.2. The monoisotopic (exact) mass is 255 g/mol. The number of amides is 1. The van der Waals surface area contributed by atoms with Crippen molar-refractivity contribution in [1.29, 1.82) is 0 Å². The molecule has 1 amide bonds. The number of rotatable bonds is 2. The van der Waals surface area contributed by atoms with Gasteiger partial charge in [0.1, 0.15) is 5.82 Å². The number of H-pyrrole nitrogens is 1. The molecule has 0 aliphatic carbocycles. The lowest BCUT2D eigenvalue weighted by Crippen LogP contribution is -2.11. The number of aromatic amines is 1. The Morgan fingerprint density at radius 1 is 1.37 bits per heavy atom. The molecule has 0 atom stereocenters. The van der Waals surface area contributed by atoms with E-state index in [0.29, 0.717) is 11.8 Å². The van der Waals surface area contributed by atoms with Gasteiger partial charge in [-0.05, 0) is 19.1 Å². The third kappa shape index (κ3) is 2.08. The van der Waals surface area contributed by atoms with Crippen LogP contribution in [0.1, 0.15) is 12.6 Å². The Hall–Kier alpha value is -2.63. The Bertz CT molecular complexity index is 722. The molecule has 3 aromatic rings. The number of fused-ring (bicyclic) bond motifs is 1. The van der Waals surface area contributed by atoms with Crippen LogP contribution in [-0.4, -0.2) is 25.7 Å². The van der Waals surface area contributed by atoms with Crippen LogP contribution in [0, 0.1) is 6.92 Å². The average Bonchev–Trinajstić information content (AvgIpc) is 2.91. The van der Waals surface area contributed by atoms with Gasteiger partial charge in [0.05, 0.1) is 16.7 Å². The minimum absolute atomic E-state index is 0.141. The number of hydrogen-bond acceptors (Lipinski definition) is 3. The highest BCUT2D eigenvalue weighted by Crippen LogP contribution is 2.18. The molecule has 96 valence electrons. The van der Waals surface area contributed by atoms with Crippen LogP contribution < -0.4 is 5.32 Å². The first-order valence-corrected chi connectivity index (χ1v) is 5.93. The van der Waals surface area contributed by atoms with E-state index in [2.05, 4.69) is 20.4 Å². The fraction of sp³-hybridized carbons (Fsp3) is 0.154. The first-order chi connectivity index (χ1) is 9.13. The molecule has 0 fully saturated rings. The first kappa shape index (κ1) is 11.5. The SMILES string of the molecule is CC(=O)Nc1cc(C)nn1-c1nc2ccccc2[nH]1. The molecular formula is C13H13N5O. The maximum Gasteiger partial charge on any atom is 0.231 e. The van der Waals surface area contributed by atoms with Gasteiger partial charge in [-0.1, -0.05) is 12.1 Å². The predicted molar refractivity (Wildman–Crippen MR) is 72.3 cm³/mol. The molecule has 0 spiro atoms. The molecule has 2 heterocycles. The van der Waals surface area contributed by atoms with E-state index in [4.69, 9.17) is 0 Å². The highest BCUT2D eigenvalue weighted by molar-refractivity contribution is 5.88. The van der Waals surface area contributed by atoms with Crippen molar-refractivity contribution in [3.63, 3.8) is 0 Å². The molecule has 0 saturated carbocycles. The van der Waals surface area contributed by atoms with Gasteiger partial charge < -0.3 is 10.3 Å². The molecule has 3 rings (SSSR count). The second-order valence-corrected chi connectivity index (χ2v) is 4.34. The molecule has 0 saturated heterocycles. The van der Waals surface area contributed by atoms with Gasteiger partial charge in [-0.25, -0.2) is 4.98 Å². The number of imidazole rings is 1. The number of carbonyl (C=O) groups excluding carboxylic acids is 1. The third-order valence-corrected chi connectivity index (χ3v) is 2.71. The van der Waals surface area contributed by atoms with E-state index < -0.39 is 0 Å². The molecule has 0 aliphatic rings. The number of benzene rings is 1. The lowest BCUT2D eigenvalue weighted by Gasteiger charge is -2.03. The zero-order valence-electron chi connectivity index (χ0n) is 10.6. The molecule has 0 radical (unpaired) electrons. The average molecular weight is 255 g/mol. The second kappa shape index (κ2) is 4.24. The van der Waals surface area contributed by atoms with Crippen molar-refractivity contribution in [2.75, 3.05) is 5.32 Å². The largest absolute Gasteiger partial charge is 0.322 e. The van der Waals surface area contributed by atoms with Crippen molar-refractivity contribution in [2.45, 2.75) is 13.8 Å². The normalized spacial score (nSPS) is 10.8. The van der Waals surface area contributed by atoms with Crippen molar-refractivity contribution >= 4 is 22.8 Å². The summed E-state index contributed by atoms with van der Waals surface area (Å²) < 4.78 is 1.59. The Morgan fingerprint density at radius 3 is 2.89 bits per heavy atom. The van der Waals surface area contributed by atoms with Gasteiger partial charge in [-0.3, -0.25) is 4.79 Å². The van der Waals surface area contributed by atoms with E-state index in [1.165, 1.54) is 6.92 Å². The van der Waals surface area contributed by atoms with Crippen LogP contribution in [-0.2, 0) is 4.79 Å². The Balaban J connectivity index is 2.12. The van der Waals surface area contributed by atoms with Crippen molar-refractivity contribution in [2.24, 2.45) is 0 Å². The summed E-state index contributed by atoms with van der Waals surface area (Å²) >= 11 is 0. The summed E-state index contributed by atoms with van der Waals surface area (Å²) in [5, 5.41) is 7.08. The van der Waals surface area contributed by atoms with E-state index in [1.54, 1.807) is 10.7 Å². The van der Waals surface area contributed by atoms with Crippen LogP contribution >= 0.6 is 0 Å². The first-order valence-electron chi connectivity index (χ1n) is 5.93. The lowest BCUT2D eigenvalue weighted by atomic mass is 10.3. The number of aryl methyl sites for hydroxylation is 1. The highest BCUT2D eigenvalue weighted by Gasteiger charge is 2.12. The Kier molecular flexibility index (Phi) is 2.56. The van der Waals surface area contributed by atoms with E-state index in [0.717, 1.165) is 16.7 Å². The number of anilines is 1. The molecule has 2 aromatic heterocycles. The van der Waals surface area contributed by atoms with E-state index in [9.17, 15) is 4.79 Å². The topological polar surface area (TPSA) is 75.6 Å². The third-order valence-electron chi connectivity index (χ3n) is 2.71. The number of para-hydroxylation sites is 2. The zero-order valence-corrected chi connectivity index (χ0v) is 10.6. The smallest absolute Gasteiger partial charge is 0.231 e. The van der Waals surface area contributed by atoms with Gasteiger partial charge in [0.2, 0.25) is 11.9 Å². The predicted octanol–water partition coefficient (Wildman–Crippen LogP) is 2.02. The van der Waals surface area contributed by atoms with Gasteiger partial charge in [0, 0.05) is 13.0 Å². The van der Waals surface area contributed by atoms with E-state index >= 15 is 0 Å². The number of aromatic nitrogens is 4. The van der Waals surface area contributed by atoms with Crippen LogP contribution in [0.3, 0.4) is 0 Å². The van der Waals surface area contributed by atoms with Crippen molar-refractivity contribution in [1.82, 2.24) is 19.7 Å². The van der Waals surface area contributed by atoms with Gasteiger partial charge in [0.25, 0.3) is 0 Å². The van der Waals surface area contributed by atoms with Crippen molar-refractivity contribution in [3.8, 4) is 5.95 Å². The van der Waals surface area contributed by atoms with E-state index in [1.807, 2.05) is 31.2 Å². The highest BCUT2D eigenvalue weighted by atomic mass is 16.1. The van der Waals surface area contributed by atoms with Crippen LogP contribution in [0.5, 0.6) is 0 Å². The molecule has 0 aliphatic heterocycles. The standard InChI is InChI=1S/C13H13N5O/c1-8-7-12(14-9(2)19)18(17-8)13-15-10-5-3-4-6-11(10)16-13/h3-7H,1-2H3,(H,14,19)(H,15,16). The summed E-state index contributed by atoms with van der Waals surface area (Å²) in [4.78, 5) is 18.8. The van der Waals surface area contributed by atoms with E-state index in [-0.39, 0.29) is 5.91 Å². The summed E-state index contributed by atoms with van der Waals surface area (Å²) in [7, 11) is 0. The summed E-state index contributed by atoms with van der Waals surface area (Å²) in [6.07, 6.45) is 0. The Labute approximate surface area is 109 Å². The van der Waals surface area contributed by atoms with Gasteiger partial charge in [-0.2, -0.15) is 9.78 Å². The van der Waals surface area contributed by atoms with Gasteiger partial charge >= 0.3 is 0 Å². The lowest BCUT2D eigenvalue weighted by molar-refractivity contribution is -0.114. The minimum Gasteiger partial charge on any atom is -0.322 e. The number of carbonyl (C=O) groups is 1. The minimum atomic E-state index is -0.141. The molecular weight excluding hydrogens is 242 g/mol. The molecule has 0 unspecified atom stereocenters. The van der Waals surface area contributed by atoms with Gasteiger partial charge in [-0.15, -0.1) is 0 Å². The summed E-state index contributed by atoms with van der Waals surface area (Å²) in [5.41, 5.74) is 2.60. The summed E-state index contributed by atoms with van der Waals surface area (Å²) in [6.45, 7) is 3.33. The molecule has 0 bridgehead atoms. The van der Waals surface area contributed by atoms with Crippen LogP contribution in [0.15, 0.2) is 30.3 Å². The van der Waals surface area contributed by atoms with Gasteiger partial charge in [0.15, 0.2) is 0 Å². The van der Waals surface area contributed by atoms with Crippen LogP contribution in [0.2, 0.25) is 0 Å². The zero-order chi connectivity index (χ0) is 13.4. The van der Waals surface area contributed by atoms with Crippen molar-refractivity contribution < 1.29 is 4.79 Å². The Morgan fingerprint density at radius 2 is 2.16 bits per heavy atom.